The lowest BCUT2D eigenvalue weighted by Crippen LogP contribution is -2.30. The van der Waals surface area contributed by atoms with Crippen LogP contribution in [0, 0.1) is 5.41 Å². The molecule has 7 nitrogen and oxygen atoms in total. The predicted molar refractivity (Wildman–Crippen MR) is 98.3 cm³/mol. The van der Waals surface area contributed by atoms with Gasteiger partial charge in [-0.3, -0.25) is 9.59 Å². The number of fused-ring (bicyclic) bond motifs is 2. The van der Waals surface area contributed by atoms with Gasteiger partial charge in [-0.15, -0.1) is 18.3 Å². The van der Waals surface area contributed by atoms with Gasteiger partial charge in [0, 0.05) is 10.9 Å². The third-order valence-electron chi connectivity index (χ3n) is 4.55. The summed E-state index contributed by atoms with van der Waals surface area (Å²) in [5.41, 5.74) is -1.50. The molecule has 0 fully saturated rings. The molecule has 10 heteroatoms. The van der Waals surface area contributed by atoms with E-state index in [1.807, 2.05) is 0 Å². The standard InChI is InChI=1S/C20H12F3N3O4/c21-20(22,23)30-13-7-5-12(6-8-13)24-17(27)15-10-19(18(28)29)9-11-3-1-2-4-14(11)16(19)26-25-15/h1-10H,(H,24,27)(H,28,29). The number of nitrogens with zero attached hydrogens (tertiary/aromatic N) is 2. The van der Waals surface area contributed by atoms with Crippen molar-refractivity contribution in [2.24, 2.45) is 15.6 Å². The second kappa shape index (κ2) is 6.83. The van der Waals surface area contributed by atoms with E-state index in [1.165, 1.54) is 24.3 Å². The number of nitrogens with one attached hydrogen (secondary N) is 1. The molecule has 152 valence electrons. The fourth-order valence-corrected chi connectivity index (χ4v) is 3.24. The van der Waals surface area contributed by atoms with Gasteiger partial charge in [0.05, 0.1) is 5.70 Å². The monoisotopic (exact) mass is 415 g/mol. The number of halogens is 3. The van der Waals surface area contributed by atoms with Crippen molar-refractivity contribution in [3.63, 3.8) is 0 Å². The Morgan fingerprint density at radius 2 is 1.70 bits per heavy atom. The van der Waals surface area contributed by atoms with Crippen LogP contribution in [0.1, 0.15) is 0 Å². The first kappa shape index (κ1) is 19.4. The molecule has 1 heterocycles. The normalized spacial score (nSPS) is 19.3. The zero-order valence-corrected chi connectivity index (χ0v) is 15.0. The fraction of sp³-hybridized carbons (Fsp3) is 0.100. The molecule has 0 bridgehead atoms. The highest BCUT2D eigenvalue weighted by Gasteiger charge is 2.45. The molecule has 0 saturated carbocycles. The van der Waals surface area contributed by atoms with Gasteiger partial charge in [0.25, 0.3) is 5.91 Å². The maximum absolute atomic E-state index is 12.5. The lowest BCUT2D eigenvalue weighted by atomic mass is 9.84. The van der Waals surface area contributed by atoms with Gasteiger partial charge in [-0.1, -0.05) is 24.3 Å². The summed E-state index contributed by atoms with van der Waals surface area (Å²) in [6.07, 6.45) is -2.13. The highest BCUT2D eigenvalue weighted by atomic mass is 19.4. The minimum absolute atomic E-state index is 0.170. The van der Waals surface area contributed by atoms with E-state index in [0.29, 0.717) is 10.4 Å². The molecule has 2 N–H and O–H groups in total. The van der Waals surface area contributed by atoms with Gasteiger partial charge in [0.1, 0.15) is 11.4 Å². The molecule has 2 aliphatic rings. The van der Waals surface area contributed by atoms with E-state index in [1.54, 1.807) is 24.3 Å². The molecule has 1 aliphatic carbocycles. The van der Waals surface area contributed by atoms with Gasteiger partial charge >= 0.3 is 12.3 Å². The first-order valence-corrected chi connectivity index (χ1v) is 8.56. The number of benzene rings is 2. The third-order valence-corrected chi connectivity index (χ3v) is 4.55. The Labute approximate surface area is 166 Å². The predicted octanol–water partition coefficient (Wildman–Crippen LogP) is 2.55. The molecule has 1 amide bonds. The van der Waals surface area contributed by atoms with Gasteiger partial charge in [-0.2, -0.15) is 5.11 Å². The van der Waals surface area contributed by atoms with Crippen LogP contribution in [0.2, 0.25) is 0 Å². The Morgan fingerprint density at radius 3 is 2.37 bits per heavy atom. The minimum atomic E-state index is -4.83. The Bertz CT molecular complexity index is 1230. The number of aliphatic carboxylic acids is 1. The first-order chi connectivity index (χ1) is 14.2. The lowest BCUT2D eigenvalue weighted by Gasteiger charge is -2.23. The summed E-state index contributed by atoms with van der Waals surface area (Å²) in [6.45, 7) is 0. The maximum Gasteiger partial charge on any atom is 0.573 e. The van der Waals surface area contributed by atoms with Crippen molar-refractivity contribution in [2.45, 2.75) is 6.36 Å². The second-order valence-electron chi connectivity index (χ2n) is 6.51. The number of carbonyl (C=O) groups is 2. The van der Waals surface area contributed by atoms with Crippen LogP contribution in [-0.2, 0) is 9.59 Å². The van der Waals surface area contributed by atoms with Crippen molar-refractivity contribution in [2.75, 3.05) is 5.32 Å². The van der Waals surface area contributed by atoms with Crippen molar-refractivity contribution in [1.29, 1.82) is 0 Å². The van der Waals surface area contributed by atoms with Crippen LogP contribution < -0.4 is 20.5 Å². The van der Waals surface area contributed by atoms with Gasteiger partial charge in [0.2, 0.25) is 0 Å². The van der Waals surface area contributed by atoms with Gasteiger partial charge < -0.3 is 15.2 Å². The van der Waals surface area contributed by atoms with Crippen molar-refractivity contribution in [1.82, 2.24) is 0 Å². The number of hydrogen-bond acceptors (Lipinski definition) is 5. The van der Waals surface area contributed by atoms with E-state index in [4.69, 9.17) is 0 Å². The number of rotatable bonds is 4. The minimum Gasteiger partial charge on any atom is -0.480 e. The lowest BCUT2D eigenvalue weighted by molar-refractivity contribution is -0.274. The molecule has 2 aromatic rings. The molecule has 1 unspecified atom stereocenters. The van der Waals surface area contributed by atoms with E-state index in [9.17, 15) is 27.9 Å². The number of ether oxygens (including phenoxy) is 1. The first-order valence-electron chi connectivity index (χ1n) is 8.56. The summed E-state index contributed by atoms with van der Waals surface area (Å²) < 4.78 is 40.4. The number of anilines is 1. The molecular formula is C20H12F3N3O4. The Hall–Kier alpha value is -3.95. The molecular weight excluding hydrogens is 403 g/mol. The Morgan fingerprint density at radius 1 is 1.00 bits per heavy atom. The summed E-state index contributed by atoms with van der Waals surface area (Å²) in [5.74, 6) is -2.42. The molecule has 0 radical (unpaired) electrons. The number of carboxylic acids is 1. The molecule has 0 spiro atoms. The van der Waals surface area contributed by atoms with Crippen LogP contribution >= 0.6 is 0 Å². The third kappa shape index (κ3) is 3.43. The fourth-order valence-electron chi connectivity index (χ4n) is 3.24. The summed E-state index contributed by atoms with van der Waals surface area (Å²) in [6, 6.07) is 11.4. The Kier molecular flexibility index (Phi) is 4.41. The number of alkyl halides is 3. The smallest absolute Gasteiger partial charge is 0.480 e. The van der Waals surface area contributed by atoms with Crippen LogP contribution in [0.25, 0.3) is 11.8 Å². The maximum atomic E-state index is 12.5. The number of azo groups is 1. The molecule has 1 aliphatic heterocycles. The van der Waals surface area contributed by atoms with E-state index in [2.05, 4.69) is 20.3 Å². The summed E-state index contributed by atoms with van der Waals surface area (Å²) in [7, 11) is 0. The largest absolute Gasteiger partial charge is 0.573 e. The Balaban J connectivity index is 1.61. The summed E-state index contributed by atoms with van der Waals surface area (Å²) >= 11 is 0. The summed E-state index contributed by atoms with van der Waals surface area (Å²) in [4.78, 5) is 24.6. The zero-order valence-electron chi connectivity index (χ0n) is 15.0. The van der Waals surface area contributed by atoms with Gasteiger partial charge in [-0.05, 0) is 41.6 Å². The summed E-state index contributed by atoms with van der Waals surface area (Å²) in [5, 5.41) is 21.4. The van der Waals surface area contributed by atoms with Crippen molar-refractivity contribution in [3.05, 3.63) is 70.7 Å². The average Bonchev–Trinajstić information content (AvgIpc) is 3.03. The highest BCUT2D eigenvalue weighted by Crippen LogP contribution is 2.40. The van der Waals surface area contributed by atoms with Crippen LogP contribution in [0.3, 0.4) is 0 Å². The number of hydrogen-bond donors (Lipinski definition) is 2. The highest BCUT2D eigenvalue weighted by molar-refractivity contribution is 6.07. The number of carboxylic acid groups (broad SMARTS) is 1. The van der Waals surface area contributed by atoms with Gasteiger partial charge in [-0.25, -0.2) is 0 Å². The SMILES string of the molecule is O=C(Nc1ccc(OC(F)(F)F)cc1)C1=CC2(C(=O)O)C=c3ccccc3=C2N=N1. The average molecular weight is 415 g/mol. The van der Waals surface area contributed by atoms with Crippen molar-refractivity contribution in [3.8, 4) is 5.75 Å². The van der Waals surface area contributed by atoms with E-state index >= 15 is 0 Å². The van der Waals surface area contributed by atoms with Crippen LogP contribution in [0.15, 0.2) is 70.5 Å². The van der Waals surface area contributed by atoms with Gasteiger partial charge in [0.15, 0.2) is 5.41 Å². The molecule has 30 heavy (non-hydrogen) atoms. The number of carbonyl (C=O) groups excluding carboxylic acids is 1. The van der Waals surface area contributed by atoms with Crippen molar-refractivity contribution < 1.29 is 32.6 Å². The van der Waals surface area contributed by atoms with Crippen molar-refractivity contribution >= 4 is 29.3 Å². The van der Waals surface area contributed by atoms with Crippen LogP contribution in [0.5, 0.6) is 5.75 Å². The van der Waals surface area contributed by atoms with Crippen LogP contribution in [0.4, 0.5) is 18.9 Å². The molecule has 0 saturated heterocycles. The quantitative estimate of drug-likeness (QED) is 0.802. The second-order valence-corrected chi connectivity index (χ2v) is 6.51. The van der Waals surface area contributed by atoms with E-state index < -0.39 is 29.4 Å². The molecule has 2 aromatic carbocycles. The molecule has 1 atom stereocenters. The topological polar surface area (TPSA) is 100 Å². The molecule has 4 rings (SSSR count). The van der Waals surface area contributed by atoms with E-state index in [-0.39, 0.29) is 17.1 Å². The zero-order chi connectivity index (χ0) is 21.5. The molecule has 0 aromatic heterocycles. The van der Waals surface area contributed by atoms with E-state index in [0.717, 1.165) is 12.1 Å². The van der Waals surface area contributed by atoms with Crippen LogP contribution in [-0.4, -0.2) is 23.3 Å². The number of amides is 1.